The third-order valence-electron chi connectivity index (χ3n) is 2.44. The van der Waals surface area contributed by atoms with Gasteiger partial charge in [-0.3, -0.25) is 0 Å². The number of carbonyl (C=O) groups excluding carboxylic acids is 1. The van der Waals surface area contributed by atoms with Crippen LogP contribution in [0.2, 0.25) is 0 Å². The van der Waals surface area contributed by atoms with Gasteiger partial charge in [-0.15, -0.1) is 0 Å². The van der Waals surface area contributed by atoms with E-state index in [1.165, 1.54) is 18.2 Å². The molecular weight excluding hydrogens is 256 g/mol. The standard InChI is InChI=1S/C12H10O5S/c1-17-12(14)11-6-9(7-18(11,15)16)8-3-2-4-10(13)5-8/h2-7,13H,1H3. The third-order valence-corrected chi connectivity index (χ3v) is 3.90. The number of methoxy groups -OCH3 is 1. The maximum atomic E-state index is 11.7. The van der Waals surface area contributed by atoms with Crippen LogP contribution in [0.1, 0.15) is 5.56 Å². The molecule has 1 aliphatic heterocycles. The molecule has 18 heavy (non-hydrogen) atoms. The van der Waals surface area contributed by atoms with Gasteiger partial charge in [0.1, 0.15) is 5.75 Å². The highest BCUT2D eigenvalue weighted by Gasteiger charge is 2.30. The number of aromatic hydroxyl groups is 1. The molecule has 94 valence electrons. The molecule has 1 aromatic rings. The number of allylic oxidation sites excluding steroid dienone is 2. The topological polar surface area (TPSA) is 80.7 Å². The van der Waals surface area contributed by atoms with Gasteiger partial charge in [-0.05, 0) is 29.3 Å². The molecule has 6 heteroatoms. The number of ether oxygens (including phenoxy) is 1. The second-order valence-corrected chi connectivity index (χ2v) is 5.43. The molecule has 0 aromatic heterocycles. The third kappa shape index (κ3) is 2.14. The highest BCUT2D eigenvalue weighted by Crippen LogP contribution is 2.30. The summed E-state index contributed by atoms with van der Waals surface area (Å²) in [5.74, 6) is -0.882. The molecule has 5 nitrogen and oxygen atoms in total. The van der Waals surface area contributed by atoms with Crippen molar-refractivity contribution in [1.82, 2.24) is 0 Å². The fourth-order valence-electron chi connectivity index (χ4n) is 1.60. The average molecular weight is 266 g/mol. The number of hydrogen-bond acceptors (Lipinski definition) is 5. The van der Waals surface area contributed by atoms with Crippen LogP contribution in [0.4, 0.5) is 0 Å². The van der Waals surface area contributed by atoms with Crippen molar-refractivity contribution < 1.29 is 23.1 Å². The van der Waals surface area contributed by atoms with Crippen LogP contribution in [0.15, 0.2) is 40.7 Å². The van der Waals surface area contributed by atoms with Crippen molar-refractivity contribution in [2.24, 2.45) is 0 Å². The number of hydrogen-bond donors (Lipinski definition) is 1. The minimum absolute atomic E-state index is 0.0192. The molecule has 1 N–H and O–H groups in total. The molecule has 2 rings (SSSR count). The Balaban J connectivity index is 2.50. The maximum absolute atomic E-state index is 11.7. The van der Waals surface area contributed by atoms with Gasteiger partial charge in [0.15, 0.2) is 4.91 Å². The smallest absolute Gasteiger partial charge is 0.349 e. The van der Waals surface area contributed by atoms with E-state index in [4.69, 9.17) is 0 Å². The van der Waals surface area contributed by atoms with Gasteiger partial charge in [-0.2, -0.15) is 0 Å². The van der Waals surface area contributed by atoms with Crippen LogP contribution < -0.4 is 0 Å². The Kier molecular flexibility index (Phi) is 2.96. The summed E-state index contributed by atoms with van der Waals surface area (Å²) in [7, 11) is -2.65. The summed E-state index contributed by atoms with van der Waals surface area (Å²) in [5.41, 5.74) is 0.851. The van der Waals surface area contributed by atoms with Gasteiger partial charge in [0.2, 0.25) is 9.84 Å². The summed E-state index contributed by atoms with van der Waals surface area (Å²) < 4.78 is 27.9. The van der Waals surface area contributed by atoms with E-state index in [0.29, 0.717) is 11.1 Å². The minimum Gasteiger partial charge on any atom is -0.508 e. The lowest BCUT2D eigenvalue weighted by Gasteiger charge is -1.99. The van der Waals surface area contributed by atoms with Crippen LogP contribution in [0.25, 0.3) is 5.57 Å². The number of rotatable bonds is 2. The summed E-state index contributed by atoms with van der Waals surface area (Å²) in [5, 5.41) is 10.3. The number of phenolic OH excluding ortho intramolecular Hbond substituents is 1. The Hall–Kier alpha value is -2.08. The van der Waals surface area contributed by atoms with Crippen molar-refractivity contribution in [3.63, 3.8) is 0 Å². The van der Waals surface area contributed by atoms with Gasteiger partial charge in [0, 0.05) is 5.41 Å². The molecule has 1 heterocycles. The van der Waals surface area contributed by atoms with Crippen LogP contribution in [0.5, 0.6) is 5.75 Å². The van der Waals surface area contributed by atoms with E-state index in [-0.39, 0.29) is 5.75 Å². The molecule has 0 radical (unpaired) electrons. The SMILES string of the molecule is COC(=O)C1=CC(c2cccc(O)c2)=CS1(=O)=O. The first kappa shape index (κ1) is 12.4. The molecule has 0 saturated heterocycles. The molecule has 1 aliphatic rings. The largest absolute Gasteiger partial charge is 0.508 e. The van der Waals surface area contributed by atoms with Gasteiger partial charge >= 0.3 is 5.97 Å². The Morgan fingerprint density at radius 3 is 2.67 bits per heavy atom. The Labute approximate surface area is 104 Å². The average Bonchev–Trinajstić information content (AvgIpc) is 2.64. The summed E-state index contributed by atoms with van der Waals surface area (Å²) >= 11 is 0. The molecule has 0 saturated carbocycles. The highest BCUT2D eigenvalue weighted by molar-refractivity contribution is 7.99. The summed E-state index contributed by atoms with van der Waals surface area (Å²) in [6.45, 7) is 0. The number of sulfone groups is 1. The van der Waals surface area contributed by atoms with Gasteiger partial charge in [-0.1, -0.05) is 12.1 Å². The number of carbonyl (C=O) groups is 1. The first-order valence-corrected chi connectivity index (χ1v) is 6.55. The summed E-state index contributed by atoms with van der Waals surface area (Å²) in [4.78, 5) is 10.9. The van der Waals surface area contributed by atoms with Crippen molar-refractivity contribution in [3.8, 4) is 5.75 Å². The van der Waals surface area contributed by atoms with Gasteiger partial charge in [-0.25, -0.2) is 13.2 Å². The molecule has 0 aliphatic carbocycles. The predicted molar refractivity (Wildman–Crippen MR) is 65.1 cm³/mol. The molecule has 0 spiro atoms. The van der Waals surface area contributed by atoms with Crippen molar-refractivity contribution in [1.29, 1.82) is 0 Å². The van der Waals surface area contributed by atoms with Crippen molar-refractivity contribution >= 4 is 21.4 Å². The molecule has 0 unspecified atom stereocenters. The second kappa shape index (κ2) is 4.30. The molecule has 0 fully saturated rings. The minimum atomic E-state index is -3.77. The molecule has 0 bridgehead atoms. The maximum Gasteiger partial charge on any atom is 0.349 e. The Bertz CT molecular complexity index is 667. The van der Waals surface area contributed by atoms with Crippen molar-refractivity contribution in [2.75, 3.05) is 7.11 Å². The van der Waals surface area contributed by atoms with E-state index in [2.05, 4.69) is 4.74 Å². The molecule has 0 atom stereocenters. The van der Waals surface area contributed by atoms with Gasteiger partial charge < -0.3 is 9.84 Å². The Morgan fingerprint density at radius 2 is 2.06 bits per heavy atom. The van der Waals surface area contributed by atoms with E-state index >= 15 is 0 Å². The van der Waals surface area contributed by atoms with Crippen LogP contribution in [0, 0.1) is 0 Å². The molecular formula is C12H10O5S. The van der Waals surface area contributed by atoms with Crippen molar-refractivity contribution in [2.45, 2.75) is 0 Å². The zero-order valence-corrected chi connectivity index (χ0v) is 10.3. The quantitative estimate of drug-likeness (QED) is 0.814. The second-order valence-electron chi connectivity index (χ2n) is 3.67. The lowest BCUT2D eigenvalue weighted by atomic mass is 10.1. The van der Waals surface area contributed by atoms with E-state index < -0.39 is 20.7 Å². The number of benzene rings is 1. The fourth-order valence-corrected chi connectivity index (χ4v) is 2.87. The molecule has 1 aromatic carbocycles. The summed E-state index contributed by atoms with van der Waals surface area (Å²) in [6.07, 6.45) is 1.23. The van der Waals surface area contributed by atoms with Crippen LogP contribution in [-0.4, -0.2) is 26.6 Å². The first-order valence-electron chi connectivity index (χ1n) is 5.00. The first-order chi connectivity index (χ1) is 8.44. The normalized spacial score (nSPS) is 16.9. The van der Waals surface area contributed by atoms with Crippen LogP contribution >= 0.6 is 0 Å². The van der Waals surface area contributed by atoms with E-state index in [1.54, 1.807) is 12.1 Å². The molecule has 0 amide bonds. The number of phenols is 1. The van der Waals surface area contributed by atoms with E-state index in [9.17, 15) is 18.3 Å². The van der Waals surface area contributed by atoms with Crippen LogP contribution in [-0.2, 0) is 19.4 Å². The number of esters is 1. The lowest BCUT2D eigenvalue weighted by Crippen LogP contribution is -2.10. The van der Waals surface area contributed by atoms with Gasteiger partial charge in [0.25, 0.3) is 0 Å². The van der Waals surface area contributed by atoms with Gasteiger partial charge in [0.05, 0.1) is 7.11 Å². The van der Waals surface area contributed by atoms with Crippen molar-refractivity contribution in [3.05, 3.63) is 46.2 Å². The fraction of sp³-hybridized carbons (Fsp3) is 0.0833. The zero-order chi connectivity index (χ0) is 13.3. The van der Waals surface area contributed by atoms with E-state index in [1.807, 2.05) is 0 Å². The Morgan fingerprint density at radius 1 is 1.33 bits per heavy atom. The van der Waals surface area contributed by atoms with E-state index in [0.717, 1.165) is 12.5 Å². The zero-order valence-electron chi connectivity index (χ0n) is 9.45. The lowest BCUT2D eigenvalue weighted by molar-refractivity contribution is -0.135. The summed E-state index contributed by atoms with van der Waals surface area (Å²) in [6, 6.07) is 6.11. The monoisotopic (exact) mass is 266 g/mol. The predicted octanol–water partition coefficient (Wildman–Crippen LogP) is 1.22. The highest BCUT2D eigenvalue weighted by atomic mass is 32.2. The van der Waals surface area contributed by atoms with Crippen LogP contribution in [0.3, 0.4) is 0 Å².